The molecule has 1 aromatic rings. The van der Waals surface area contributed by atoms with E-state index in [9.17, 15) is 4.79 Å². The van der Waals surface area contributed by atoms with Gasteiger partial charge >= 0.3 is 5.97 Å². The summed E-state index contributed by atoms with van der Waals surface area (Å²) in [6.07, 6.45) is 0. The second-order valence-corrected chi connectivity index (χ2v) is 5.20. The highest BCUT2D eigenvalue weighted by molar-refractivity contribution is 7.98. The van der Waals surface area contributed by atoms with Crippen molar-refractivity contribution in [1.29, 1.82) is 0 Å². The zero-order chi connectivity index (χ0) is 12.7. The number of carbonyl (C=O) groups is 1. The van der Waals surface area contributed by atoms with Crippen LogP contribution in [-0.4, -0.2) is 18.3 Å². The van der Waals surface area contributed by atoms with Crippen LogP contribution in [0.1, 0.15) is 19.4 Å². The van der Waals surface area contributed by atoms with E-state index in [2.05, 4.69) is 0 Å². The first-order valence-electron chi connectivity index (χ1n) is 5.63. The highest BCUT2D eigenvalue weighted by atomic mass is 35.5. The van der Waals surface area contributed by atoms with Crippen LogP contribution >= 0.6 is 23.4 Å². The maximum absolute atomic E-state index is 11.4. The Morgan fingerprint density at radius 2 is 2.18 bits per heavy atom. The molecule has 2 nitrogen and oxygen atoms in total. The number of hydrogen-bond acceptors (Lipinski definition) is 3. The fraction of sp³-hybridized carbons (Fsp3) is 0.462. The highest BCUT2D eigenvalue weighted by Gasteiger charge is 2.13. The predicted molar refractivity (Wildman–Crippen MR) is 73.4 cm³/mol. The van der Waals surface area contributed by atoms with Gasteiger partial charge in [0.2, 0.25) is 0 Å². The third kappa shape index (κ3) is 5.00. The normalized spacial score (nSPS) is 12.2. The molecule has 0 spiro atoms. The average Bonchev–Trinajstić information content (AvgIpc) is 2.31. The smallest absolute Gasteiger partial charge is 0.309 e. The molecule has 0 saturated heterocycles. The van der Waals surface area contributed by atoms with Crippen LogP contribution in [0.25, 0.3) is 0 Å². The molecule has 0 saturated carbocycles. The van der Waals surface area contributed by atoms with Gasteiger partial charge in [-0.3, -0.25) is 4.79 Å². The summed E-state index contributed by atoms with van der Waals surface area (Å²) in [4.78, 5) is 11.4. The van der Waals surface area contributed by atoms with Crippen molar-refractivity contribution in [1.82, 2.24) is 0 Å². The van der Waals surface area contributed by atoms with Crippen LogP contribution < -0.4 is 0 Å². The number of benzene rings is 1. The zero-order valence-electron chi connectivity index (χ0n) is 10.1. The molecule has 1 atom stereocenters. The van der Waals surface area contributed by atoms with Crippen molar-refractivity contribution in [3.8, 4) is 0 Å². The molecule has 0 aliphatic carbocycles. The SMILES string of the molecule is CCOC(=O)C(C)CSCc1ccccc1Cl. The summed E-state index contributed by atoms with van der Waals surface area (Å²) in [5, 5.41) is 0.781. The van der Waals surface area contributed by atoms with Crippen molar-refractivity contribution in [2.45, 2.75) is 19.6 Å². The van der Waals surface area contributed by atoms with Crippen molar-refractivity contribution >= 4 is 29.3 Å². The molecule has 1 rings (SSSR count). The molecule has 0 N–H and O–H groups in total. The molecule has 0 radical (unpaired) electrons. The lowest BCUT2D eigenvalue weighted by Crippen LogP contribution is -2.16. The maximum Gasteiger partial charge on any atom is 0.309 e. The number of carbonyl (C=O) groups excluding carboxylic acids is 1. The van der Waals surface area contributed by atoms with Gasteiger partial charge in [0.25, 0.3) is 0 Å². The number of rotatable bonds is 6. The summed E-state index contributed by atoms with van der Waals surface area (Å²) in [7, 11) is 0. The van der Waals surface area contributed by atoms with Gasteiger partial charge in [-0.25, -0.2) is 0 Å². The Bertz CT molecular complexity index is 368. The minimum atomic E-state index is -0.126. The fourth-order valence-corrected chi connectivity index (χ4v) is 2.67. The van der Waals surface area contributed by atoms with Gasteiger partial charge in [0, 0.05) is 16.5 Å². The van der Waals surface area contributed by atoms with E-state index >= 15 is 0 Å². The summed E-state index contributed by atoms with van der Waals surface area (Å²) in [6, 6.07) is 7.77. The van der Waals surface area contributed by atoms with Gasteiger partial charge in [0.15, 0.2) is 0 Å². The number of halogens is 1. The van der Waals surface area contributed by atoms with Crippen LogP contribution in [0.3, 0.4) is 0 Å². The molecule has 0 fully saturated rings. The number of hydrogen-bond donors (Lipinski definition) is 0. The number of thioether (sulfide) groups is 1. The van der Waals surface area contributed by atoms with Gasteiger partial charge in [-0.05, 0) is 18.6 Å². The standard InChI is InChI=1S/C13H17ClO2S/c1-3-16-13(15)10(2)8-17-9-11-6-4-5-7-12(11)14/h4-7,10H,3,8-9H2,1-2H3. The molecule has 0 aromatic heterocycles. The quantitative estimate of drug-likeness (QED) is 0.738. The lowest BCUT2D eigenvalue weighted by Gasteiger charge is -2.10. The monoisotopic (exact) mass is 272 g/mol. The third-order valence-electron chi connectivity index (χ3n) is 2.27. The minimum absolute atomic E-state index is 0.0672. The van der Waals surface area contributed by atoms with E-state index in [1.807, 2.05) is 38.1 Å². The molecule has 1 aromatic carbocycles. The van der Waals surface area contributed by atoms with Gasteiger partial charge in [-0.1, -0.05) is 36.7 Å². The summed E-state index contributed by atoms with van der Waals surface area (Å²) in [5.74, 6) is 1.38. The molecule has 4 heteroatoms. The second-order valence-electron chi connectivity index (χ2n) is 3.76. The van der Waals surface area contributed by atoms with E-state index in [1.165, 1.54) is 0 Å². The van der Waals surface area contributed by atoms with Crippen LogP contribution in [0.2, 0.25) is 5.02 Å². The van der Waals surface area contributed by atoms with Crippen LogP contribution in [0.5, 0.6) is 0 Å². The van der Waals surface area contributed by atoms with Crippen LogP contribution in [0, 0.1) is 5.92 Å². The molecular weight excluding hydrogens is 256 g/mol. The molecule has 94 valence electrons. The van der Waals surface area contributed by atoms with E-state index in [-0.39, 0.29) is 11.9 Å². The fourth-order valence-electron chi connectivity index (χ4n) is 1.31. The summed E-state index contributed by atoms with van der Waals surface area (Å²) < 4.78 is 4.95. The van der Waals surface area contributed by atoms with Crippen LogP contribution in [-0.2, 0) is 15.3 Å². The second kappa shape index (κ2) is 7.62. The van der Waals surface area contributed by atoms with Gasteiger partial charge < -0.3 is 4.74 Å². The van der Waals surface area contributed by atoms with Crippen LogP contribution in [0.4, 0.5) is 0 Å². The van der Waals surface area contributed by atoms with Crippen molar-refractivity contribution in [2.75, 3.05) is 12.4 Å². The van der Waals surface area contributed by atoms with Crippen molar-refractivity contribution < 1.29 is 9.53 Å². The highest BCUT2D eigenvalue weighted by Crippen LogP contribution is 2.22. The molecule has 17 heavy (non-hydrogen) atoms. The molecule has 0 aliphatic heterocycles. The predicted octanol–water partition coefficient (Wildman–Crippen LogP) is 3.77. The third-order valence-corrected chi connectivity index (χ3v) is 3.89. The van der Waals surface area contributed by atoms with Crippen molar-refractivity contribution in [3.05, 3.63) is 34.9 Å². The zero-order valence-corrected chi connectivity index (χ0v) is 11.7. The van der Waals surface area contributed by atoms with E-state index < -0.39 is 0 Å². The molecule has 1 unspecified atom stereocenters. The Morgan fingerprint density at radius 1 is 1.47 bits per heavy atom. The summed E-state index contributed by atoms with van der Waals surface area (Å²) in [6.45, 7) is 4.15. The van der Waals surface area contributed by atoms with Gasteiger partial charge in [-0.15, -0.1) is 0 Å². The number of ether oxygens (including phenoxy) is 1. The number of esters is 1. The Labute approximate surface area is 112 Å². The molecule has 0 heterocycles. The first-order chi connectivity index (χ1) is 8.15. The van der Waals surface area contributed by atoms with E-state index in [0.29, 0.717) is 6.61 Å². The first-order valence-corrected chi connectivity index (χ1v) is 7.16. The molecule has 0 aliphatic rings. The summed E-state index contributed by atoms with van der Waals surface area (Å²) >= 11 is 7.74. The van der Waals surface area contributed by atoms with Crippen molar-refractivity contribution in [2.24, 2.45) is 5.92 Å². The molecule has 0 amide bonds. The first kappa shape index (κ1) is 14.4. The average molecular weight is 273 g/mol. The van der Waals surface area contributed by atoms with Gasteiger partial charge in [0.1, 0.15) is 0 Å². The Hall–Kier alpha value is -0.670. The van der Waals surface area contributed by atoms with Gasteiger partial charge in [0.05, 0.1) is 12.5 Å². The lowest BCUT2D eigenvalue weighted by atomic mass is 10.2. The maximum atomic E-state index is 11.4. The lowest BCUT2D eigenvalue weighted by molar-refractivity contribution is -0.146. The Morgan fingerprint density at radius 3 is 2.82 bits per heavy atom. The van der Waals surface area contributed by atoms with Crippen LogP contribution in [0.15, 0.2) is 24.3 Å². The topological polar surface area (TPSA) is 26.3 Å². The summed E-state index contributed by atoms with van der Waals surface area (Å²) in [5.41, 5.74) is 1.11. The molecular formula is C13H17ClO2S. The van der Waals surface area contributed by atoms with E-state index in [1.54, 1.807) is 11.8 Å². The minimum Gasteiger partial charge on any atom is -0.466 e. The largest absolute Gasteiger partial charge is 0.466 e. The van der Waals surface area contributed by atoms with E-state index in [4.69, 9.17) is 16.3 Å². The Kier molecular flexibility index (Phi) is 6.45. The van der Waals surface area contributed by atoms with E-state index in [0.717, 1.165) is 22.1 Å². The molecule has 0 bridgehead atoms. The van der Waals surface area contributed by atoms with Gasteiger partial charge in [-0.2, -0.15) is 11.8 Å². The Balaban J connectivity index is 2.33. The van der Waals surface area contributed by atoms with Crippen molar-refractivity contribution in [3.63, 3.8) is 0 Å².